The van der Waals surface area contributed by atoms with Crippen LogP contribution >= 0.6 is 22.9 Å². The maximum Gasteiger partial charge on any atom is 0.339 e. The Bertz CT molecular complexity index is 1080. The van der Waals surface area contributed by atoms with E-state index in [-0.39, 0.29) is 17.5 Å². The predicted octanol–water partition coefficient (Wildman–Crippen LogP) is 3.71. The second kappa shape index (κ2) is 8.99. The number of halogens is 1. The number of benzene rings is 1. The van der Waals surface area contributed by atoms with Crippen LogP contribution in [0, 0.1) is 0 Å². The first kappa shape index (κ1) is 20.0. The molecule has 3 aromatic rings. The van der Waals surface area contributed by atoms with Crippen LogP contribution in [0.3, 0.4) is 0 Å². The van der Waals surface area contributed by atoms with Crippen LogP contribution in [0.5, 0.6) is 0 Å². The Labute approximate surface area is 169 Å². The van der Waals surface area contributed by atoms with Gasteiger partial charge in [-0.1, -0.05) is 37.1 Å². The molecular formula is C19H18ClN3O4S. The first-order valence-corrected chi connectivity index (χ1v) is 9.95. The van der Waals surface area contributed by atoms with Crippen molar-refractivity contribution in [1.29, 1.82) is 0 Å². The fourth-order valence-corrected chi connectivity index (χ4v) is 3.57. The molecule has 9 heteroatoms. The van der Waals surface area contributed by atoms with Crippen molar-refractivity contribution in [1.82, 2.24) is 9.55 Å². The van der Waals surface area contributed by atoms with Crippen LogP contribution in [0.25, 0.3) is 10.2 Å². The van der Waals surface area contributed by atoms with E-state index < -0.39 is 17.4 Å². The van der Waals surface area contributed by atoms with Gasteiger partial charge in [0.05, 0.1) is 34.6 Å². The van der Waals surface area contributed by atoms with Gasteiger partial charge in [-0.25, -0.2) is 9.78 Å². The molecular weight excluding hydrogens is 402 g/mol. The topological polar surface area (TPSA) is 90.3 Å². The van der Waals surface area contributed by atoms with E-state index in [9.17, 15) is 14.4 Å². The summed E-state index contributed by atoms with van der Waals surface area (Å²) in [4.78, 5) is 42.0. The second-order valence-corrected chi connectivity index (χ2v) is 7.29. The Balaban J connectivity index is 1.82. The number of hydrogen-bond donors (Lipinski definition) is 1. The molecule has 3 rings (SSSR count). The first-order valence-electron chi connectivity index (χ1n) is 8.69. The molecule has 0 fully saturated rings. The van der Waals surface area contributed by atoms with E-state index in [1.54, 1.807) is 29.6 Å². The number of thiophene rings is 1. The van der Waals surface area contributed by atoms with Gasteiger partial charge >= 0.3 is 5.97 Å². The maximum absolute atomic E-state index is 12.8. The molecule has 28 heavy (non-hydrogen) atoms. The summed E-state index contributed by atoms with van der Waals surface area (Å²) in [6.45, 7) is 2.03. The van der Waals surface area contributed by atoms with Gasteiger partial charge in [-0.05, 0) is 18.6 Å². The number of rotatable bonds is 7. The van der Waals surface area contributed by atoms with Gasteiger partial charge in [0.15, 0.2) is 0 Å². The SMILES string of the molecule is CCCCOC(=O)c1csc2ncn(CC(=O)Nc3ccccc3Cl)c(=O)c12. The third-order valence-electron chi connectivity index (χ3n) is 3.97. The van der Waals surface area contributed by atoms with Gasteiger partial charge in [-0.15, -0.1) is 11.3 Å². The van der Waals surface area contributed by atoms with Crippen molar-refractivity contribution in [3.05, 3.63) is 56.9 Å². The highest BCUT2D eigenvalue weighted by atomic mass is 35.5. The Morgan fingerprint density at radius 3 is 2.86 bits per heavy atom. The summed E-state index contributed by atoms with van der Waals surface area (Å²) >= 11 is 7.21. The number of unbranched alkanes of at least 4 members (excludes halogenated alkanes) is 1. The summed E-state index contributed by atoms with van der Waals surface area (Å²) in [7, 11) is 0. The van der Waals surface area contributed by atoms with Gasteiger partial charge in [-0.2, -0.15) is 0 Å². The fraction of sp³-hybridized carbons (Fsp3) is 0.263. The zero-order chi connectivity index (χ0) is 20.1. The summed E-state index contributed by atoms with van der Waals surface area (Å²) in [5, 5.41) is 4.77. The second-order valence-electron chi connectivity index (χ2n) is 6.02. The number of hydrogen-bond acceptors (Lipinski definition) is 6. The van der Waals surface area contributed by atoms with E-state index in [0.29, 0.717) is 22.1 Å². The number of esters is 1. The molecule has 2 aromatic heterocycles. The number of carbonyl (C=O) groups excluding carboxylic acids is 2. The minimum Gasteiger partial charge on any atom is -0.462 e. The van der Waals surface area contributed by atoms with Crippen molar-refractivity contribution in [3.8, 4) is 0 Å². The average molecular weight is 420 g/mol. The van der Waals surface area contributed by atoms with Gasteiger partial charge in [0.25, 0.3) is 5.56 Å². The van der Waals surface area contributed by atoms with Crippen LogP contribution in [0.4, 0.5) is 5.69 Å². The molecule has 146 valence electrons. The Morgan fingerprint density at radius 1 is 1.32 bits per heavy atom. The van der Waals surface area contributed by atoms with E-state index in [1.165, 1.54) is 17.7 Å². The number of fused-ring (bicyclic) bond motifs is 1. The van der Waals surface area contributed by atoms with Gasteiger partial charge < -0.3 is 10.1 Å². The number of ether oxygens (including phenoxy) is 1. The highest BCUT2D eigenvalue weighted by Crippen LogP contribution is 2.22. The zero-order valence-electron chi connectivity index (χ0n) is 15.1. The molecule has 0 aliphatic heterocycles. The summed E-state index contributed by atoms with van der Waals surface area (Å²) in [5.41, 5.74) is 0.157. The van der Waals surface area contributed by atoms with Crippen LogP contribution in [0.2, 0.25) is 5.02 Å². The molecule has 2 heterocycles. The summed E-state index contributed by atoms with van der Waals surface area (Å²) in [5.74, 6) is -0.990. The van der Waals surface area contributed by atoms with E-state index in [0.717, 1.165) is 17.4 Å². The lowest BCUT2D eigenvalue weighted by Gasteiger charge is -2.09. The third-order valence-corrected chi connectivity index (χ3v) is 5.19. The molecule has 0 radical (unpaired) electrons. The molecule has 7 nitrogen and oxygen atoms in total. The minimum atomic E-state index is -0.558. The lowest BCUT2D eigenvalue weighted by Crippen LogP contribution is -2.28. The summed E-state index contributed by atoms with van der Waals surface area (Å²) < 4.78 is 6.36. The van der Waals surface area contributed by atoms with Gasteiger partial charge in [-0.3, -0.25) is 14.2 Å². The van der Waals surface area contributed by atoms with Crippen molar-refractivity contribution in [3.63, 3.8) is 0 Å². The largest absolute Gasteiger partial charge is 0.462 e. The van der Waals surface area contributed by atoms with E-state index in [2.05, 4.69) is 10.3 Å². The van der Waals surface area contributed by atoms with Crippen molar-refractivity contribution in [2.24, 2.45) is 0 Å². The maximum atomic E-state index is 12.8. The Hall–Kier alpha value is -2.71. The normalized spacial score (nSPS) is 10.8. The Morgan fingerprint density at radius 2 is 2.11 bits per heavy atom. The van der Waals surface area contributed by atoms with Gasteiger partial charge in [0, 0.05) is 5.38 Å². The highest BCUT2D eigenvalue weighted by Gasteiger charge is 2.19. The summed E-state index contributed by atoms with van der Waals surface area (Å²) in [6, 6.07) is 6.80. The van der Waals surface area contributed by atoms with E-state index in [1.807, 2.05) is 6.92 Å². The number of nitrogens with zero attached hydrogens (tertiary/aromatic N) is 2. The van der Waals surface area contributed by atoms with Crippen LogP contribution in [-0.2, 0) is 16.1 Å². The third kappa shape index (κ3) is 4.40. The van der Waals surface area contributed by atoms with Crippen LogP contribution < -0.4 is 10.9 Å². The number of nitrogens with one attached hydrogen (secondary N) is 1. The fourth-order valence-electron chi connectivity index (χ4n) is 2.52. The quantitative estimate of drug-likeness (QED) is 0.465. The molecule has 0 unspecified atom stereocenters. The number of carbonyl (C=O) groups is 2. The molecule has 0 aliphatic rings. The molecule has 0 spiro atoms. The zero-order valence-corrected chi connectivity index (χ0v) is 16.7. The van der Waals surface area contributed by atoms with Crippen molar-refractivity contribution < 1.29 is 14.3 Å². The average Bonchev–Trinajstić information content (AvgIpc) is 3.11. The smallest absolute Gasteiger partial charge is 0.339 e. The lowest BCUT2D eigenvalue weighted by molar-refractivity contribution is -0.116. The lowest BCUT2D eigenvalue weighted by atomic mass is 10.2. The van der Waals surface area contributed by atoms with E-state index in [4.69, 9.17) is 16.3 Å². The molecule has 0 atom stereocenters. The van der Waals surface area contributed by atoms with Gasteiger partial charge in [0.1, 0.15) is 11.4 Å². The molecule has 0 bridgehead atoms. The Kier molecular flexibility index (Phi) is 6.43. The standard InChI is InChI=1S/C19H18ClN3O4S/c1-2-3-8-27-19(26)12-10-28-17-16(12)18(25)23(11-21-17)9-15(24)22-14-7-5-4-6-13(14)20/h4-7,10-11H,2-3,8-9H2,1H3,(H,22,24). The molecule has 1 N–H and O–H groups in total. The van der Waals surface area contributed by atoms with Crippen LogP contribution in [-0.4, -0.2) is 28.0 Å². The summed E-state index contributed by atoms with van der Waals surface area (Å²) in [6.07, 6.45) is 2.94. The monoisotopic (exact) mass is 419 g/mol. The number of amides is 1. The molecule has 0 saturated heterocycles. The van der Waals surface area contributed by atoms with Crippen molar-refractivity contribution >= 4 is 50.7 Å². The van der Waals surface area contributed by atoms with Crippen LogP contribution in [0.15, 0.2) is 40.8 Å². The first-order chi connectivity index (χ1) is 13.5. The minimum absolute atomic E-state index is 0.166. The number of aromatic nitrogens is 2. The predicted molar refractivity (Wildman–Crippen MR) is 109 cm³/mol. The molecule has 0 aliphatic carbocycles. The highest BCUT2D eigenvalue weighted by molar-refractivity contribution is 7.17. The van der Waals surface area contributed by atoms with E-state index >= 15 is 0 Å². The molecule has 1 amide bonds. The van der Waals surface area contributed by atoms with Crippen molar-refractivity contribution in [2.45, 2.75) is 26.3 Å². The number of para-hydroxylation sites is 1. The van der Waals surface area contributed by atoms with Gasteiger partial charge in [0.2, 0.25) is 5.91 Å². The molecule has 0 saturated carbocycles. The van der Waals surface area contributed by atoms with Crippen molar-refractivity contribution in [2.75, 3.05) is 11.9 Å². The number of anilines is 1. The molecule has 1 aromatic carbocycles. The van der Waals surface area contributed by atoms with Crippen LogP contribution in [0.1, 0.15) is 30.1 Å².